The fourth-order valence-corrected chi connectivity index (χ4v) is 3.32. The van der Waals surface area contributed by atoms with Gasteiger partial charge in [-0.05, 0) is 31.4 Å². The van der Waals surface area contributed by atoms with E-state index in [0.717, 1.165) is 11.0 Å². The monoisotopic (exact) mass is 315 g/mol. The first-order valence-corrected chi connectivity index (χ1v) is 7.97. The Kier molecular flexibility index (Phi) is 4.11. The summed E-state index contributed by atoms with van der Waals surface area (Å²) >= 11 is 0. The summed E-state index contributed by atoms with van der Waals surface area (Å²) in [7, 11) is 0. The Morgan fingerprint density at radius 3 is 2.74 bits per heavy atom. The molecule has 0 bridgehead atoms. The molecule has 122 valence electrons. The van der Waals surface area contributed by atoms with E-state index in [0.29, 0.717) is 25.3 Å². The minimum Gasteiger partial charge on any atom is -0.481 e. The van der Waals surface area contributed by atoms with E-state index in [2.05, 4.69) is 0 Å². The second kappa shape index (κ2) is 6.07. The first-order valence-electron chi connectivity index (χ1n) is 7.97. The van der Waals surface area contributed by atoms with Crippen LogP contribution in [0.3, 0.4) is 0 Å². The third-order valence-corrected chi connectivity index (χ3v) is 4.78. The van der Waals surface area contributed by atoms with E-state index < -0.39 is 5.97 Å². The van der Waals surface area contributed by atoms with Crippen LogP contribution in [0.1, 0.15) is 31.9 Å². The number of hydrogen-bond acceptors (Lipinski definition) is 3. The van der Waals surface area contributed by atoms with Crippen LogP contribution in [0.15, 0.2) is 34.7 Å². The fourth-order valence-electron chi connectivity index (χ4n) is 3.32. The number of rotatable bonds is 3. The van der Waals surface area contributed by atoms with Gasteiger partial charge in [0.2, 0.25) is 5.91 Å². The molecule has 1 N–H and O–H groups in total. The summed E-state index contributed by atoms with van der Waals surface area (Å²) in [5.41, 5.74) is 0.778. The zero-order chi connectivity index (χ0) is 16.6. The summed E-state index contributed by atoms with van der Waals surface area (Å²) in [6.45, 7) is 4.71. The van der Waals surface area contributed by atoms with Gasteiger partial charge in [0.1, 0.15) is 11.3 Å². The summed E-state index contributed by atoms with van der Waals surface area (Å²) in [6.07, 6.45) is 0.509. The van der Waals surface area contributed by atoms with Gasteiger partial charge in [-0.25, -0.2) is 0 Å². The lowest BCUT2D eigenvalue weighted by Gasteiger charge is -2.36. The standard InChI is InChI=1S/C18H21NO4/c1-11-10-19(8-7-14(11)18(21)22)17(20)12(2)16-9-13-5-3-4-6-15(13)23-16/h3-6,9,11-12,14H,7-8,10H2,1-2H3,(H,21,22). The van der Waals surface area contributed by atoms with Crippen molar-refractivity contribution in [1.82, 2.24) is 4.90 Å². The van der Waals surface area contributed by atoms with Crippen LogP contribution in [0.2, 0.25) is 0 Å². The first kappa shape index (κ1) is 15.6. The molecule has 1 aliphatic rings. The van der Waals surface area contributed by atoms with E-state index in [9.17, 15) is 14.7 Å². The second-order valence-corrected chi connectivity index (χ2v) is 6.40. The molecule has 1 saturated heterocycles. The summed E-state index contributed by atoms with van der Waals surface area (Å²) < 4.78 is 5.79. The van der Waals surface area contributed by atoms with Gasteiger partial charge in [0.05, 0.1) is 11.8 Å². The lowest BCUT2D eigenvalue weighted by atomic mass is 9.86. The van der Waals surface area contributed by atoms with Crippen molar-refractivity contribution >= 4 is 22.8 Å². The van der Waals surface area contributed by atoms with E-state index in [4.69, 9.17) is 4.42 Å². The van der Waals surface area contributed by atoms with E-state index in [1.54, 1.807) is 4.90 Å². The third-order valence-electron chi connectivity index (χ3n) is 4.78. The van der Waals surface area contributed by atoms with Crippen molar-refractivity contribution < 1.29 is 19.1 Å². The molecule has 0 spiro atoms. The number of carbonyl (C=O) groups excluding carboxylic acids is 1. The van der Waals surface area contributed by atoms with Gasteiger partial charge in [0.25, 0.3) is 0 Å². The molecule has 1 aliphatic heterocycles. The van der Waals surface area contributed by atoms with E-state index in [1.165, 1.54) is 0 Å². The fraction of sp³-hybridized carbons (Fsp3) is 0.444. The van der Waals surface area contributed by atoms with E-state index in [1.807, 2.05) is 44.2 Å². The predicted molar refractivity (Wildman–Crippen MR) is 86.1 cm³/mol. The maximum atomic E-state index is 12.7. The number of aliphatic carboxylic acids is 1. The molecular formula is C18H21NO4. The molecule has 5 heteroatoms. The molecule has 3 unspecified atom stereocenters. The summed E-state index contributed by atoms with van der Waals surface area (Å²) in [4.78, 5) is 25.7. The summed E-state index contributed by atoms with van der Waals surface area (Å²) in [5.74, 6) is -0.872. The smallest absolute Gasteiger partial charge is 0.306 e. The lowest BCUT2D eigenvalue weighted by Crippen LogP contribution is -2.46. The highest BCUT2D eigenvalue weighted by Gasteiger charge is 2.35. The van der Waals surface area contributed by atoms with Crippen molar-refractivity contribution in [2.75, 3.05) is 13.1 Å². The van der Waals surface area contributed by atoms with Gasteiger partial charge in [-0.15, -0.1) is 0 Å². The Balaban J connectivity index is 1.74. The Hall–Kier alpha value is -2.30. The molecule has 0 saturated carbocycles. The molecular weight excluding hydrogens is 294 g/mol. The quantitative estimate of drug-likeness (QED) is 0.945. The Bertz CT molecular complexity index is 702. The van der Waals surface area contributed by atoms with Crippen LogP contribution >= 0.6 is 0 Å². The molecule has 0 aliphatic carbocycles. The molecule has 23 heavy (non-hydrogen) atoms. The van der Waals surface area contributed by atoms with Crippen LogP contribution in [0.4, 0.5) is 0 Å². The second-order valence-electron chi connectivity index (χ2n) is 6.40. The predicted octanol–water partition coefficient (Wildman–Crippen LogP) is 3.11. The number of furan rings is 1. The number of amides is 1. The number of piperidine rings is 1. The van der Waals surface area contributed by atoms with Crippen molar-refractivity contribution in [1.29, 1.82) is 0 Å². The van der Waals surface area contributed by atoms with Crippen LogP contribution in [0.5, 0.6) is 0 Å². The average Bonchev–Trinajstić information content (AvgIpc) is 2.97. The van der Waals surface area contributed by atoms with Crippen molar-refractivity contribution in [2.24, 2.45) is 11.8 Å². The van der Waals surface area contributed by atoms with Gasteiger partial charge >= 0.3 is 5.97 Å². The summed E-state index contributed by atoms with van der Waals surface area (Å²) in [6, 6.07) is 9.59. The number of hydrogen-bond donors (Lipinski definition) is 1. The van der Waals surface area contributed by atoms with Gasteiger partial charge < -0.3 is 14.4 Å². The highest BCUT2D eigenvalue weighted by Crippen LogP contribution is 2.29. The SMILES string of the molecule is CC(C(=O)N1CCC(C(=O)O)C(C)C1)c1cc2ccccc2o1. The lowest BCUT2D eigenvalue weighted by molar-refractivity contribution is -0.148. The number of carboxylic acids is 1. The zero-order valence-corrected chi connectivity index (χ0v) is 13.4. The minimum absolute atomic E-state index is 0.000236. The number of fused-ring (bicyclic) bond motifs is 1. The zero-order valence-electron chi connectivity index (χ0n) is 13.4. The highest BCUT2D eigenvalue weighted by atomic mass is 16.4. The molecule has 1 aromatic carbocycles. The van der Waals surface area contributed by atoms with Crippen molar-refractivity contribution in [2.45, 2.75) is 26.2 Å². The maximum absolute atomic E-state index is 12.7. The number of nitrogens with zero attached hydrogens (tertiary/aromatic N) is 1. The van der Waals surface area contributed by atoms with Crippen LogP contribution in [0.25, 0.3) is 11.0 Å². The number of para-hydroxylation sites is 1. The maximum Gasteiger partial charge on any atom is 0.306 e. The molecule has 5 nitrogen and oxygen atoms in total. The Labute approximate surface area is 134 Å². The number of carbonyl (C=O) groups is 2. The van der Waals surface area contributed by atoms with Crippen LogP contribution in [-0.2, 0) is 9.59 Å². The van der Waals surface area contributed by atoms with Gasteiger partial charge in [-0.1, -0.05) is 25.1 Å². The first-order chi connectivity index (χ1) is 11.0. The third kappa shape index (κ3) is 2.96. The number of benzene rings is 1. The van der Waals surface area contributed by atoms with Gasteiger partial charge in [-0.2, -0.15) is 0 Å². The molecule has 1 fully saturated rings. The molecule has 1 aromatic heterocycles. The van der Waals surface area contributed by atoms with Crippen molar-refractivity contribution in [3.63, 3.8) is 0 Å². The minimum atomic E-state index is -0.769. The molecule has 2 aromatic rings. The molecule has 0 radical (unpaired) electrons. The molecule has 2 heterocycles. The van der Waals surface area contributed by atoms with Gasteiger partial charge in [0.15, 0.2) is 0 Å². The molecule has 3 rings (SSSR count). The molecule has 3 atom stereocenters. The normalized spacial score (nSPS) is 23.0. The van der Waals surface area contributed by atoms with Gasteiger partial charge in [0, 0.05) is 18.5 Å². The van der Waals surface area contributed by atoms with Gasteiger partial charge in [-0.3, -0.25) is 9.59 Å². The Morgan fingerprint density at radius 2 is 2.09 bits per heavy atom. The number of likely N-dealkylation sites (tertiary alicyclic amines) is 1. The van der Waals surface area contributed by atoms with Crippen LogP contribution in [-0.4, -0.2) is 35.0 Å². The average molecular weight is 315 g/mol. The number of carboxylic acid groups (broad SMARTS) is 1. The van der Waals surface area contributed by atoms with E-state index >= 15 is 0 Å². The molecule has 1 amide bonds. The van der Waals surface area contributed by atoms with Crippen LogP contribution in [0, 0.1) is 11.8 Å². The topological polar surface area (TPSA) is 70.8 Å². The Morgan fingerprint density at radius 1 is 1.35 bits per heavy atom. The van der Waals surface area contributed by atoms with Crippen LogP contribution < -0.4 is 0 Å². The van der Waals surface area contributed by atoms with Crippen molar-refractivity contribution in [3.05, 3.63) is 36.1 Å². The largest absolute Gasteiger partial charge is 0.481 e. The van der Waals surface area contributed by atoms with Crippen molar-refractivity contribution in [3.8, 4) is 0 Å². The highest BCUT2D eigenvalue weighted by molar-refractivity contribution is 5.85. The van der Waals surface area contributed by atoms with E-state index in [-0.39, 0.29) is 23.7 Å². The summed E-state index contributed by atoms with van der Waals surface area (Å²) in [5, 5.41) is 10.2.